The molecule has 4 aliphatic rings. The van der Waals surface area contributed by atoms with Gasteiger partial charge in [-0.15, -0.1) is 0 Å². The molecule has 1 N–H and O–H groups in total. The number of imide groups is 1. The predicted octanol–water partition coefficient (Wildman–Crippen LogP) is 6.34. The molecule has 4 fully saturated rings. The average Bonchev–Trinajstić information content (AvgIpc) is 3.35. The van der Waals surface area contributed by atoms with Crippen molar-refractivity contribution in [3.05, 3.63) is 82.7 Å². The molecule has 1 aromatic heterocycles. The van der Waals surface area contributed by atoms with Crippen LogP contribution in [0.2, 0.25) is 0 Å². The number of hydrogen-bond donors (Lipinski definition) is 1. The maximum Gasteiger partial charge on any atom is 0.419 e. The van der Waals surface area contributed by atoms with Crippen LogP contribution in [0.4, 0.5) is 24.5 Å². The number of nitriles is 1. The van der Waals surface area contributed by atoms with E-state index in [0.717, 1.165) is 72.0 Å². The maximum absolute atomic E-state index is 13.8. The highest BCUT2D eigenvalue weighted by molar-refractivity contribution is 7.81. The Morgan fingerprint density at radius 2 is 1.74 bits per heavy atom. The van der Waals surface area contributed by atoms with Crippen molar-refractivity contribution >= 4 is 52.2 Å². The summed E-state index contributed by atoms with van der Waals surface area (Å²) in [6.07, 6.45) is 0.912. The zero-order valence-corrected chi connectivity index (χ0v) is 35.6. The van der Waals surface area contributed by atoms with Crippen LogP contribution in [0.3, 0.4) is 0 Å². The fourth-order valence-electron chi connectivity index (χ4n) is 9.00. The monoisotopic (exact) mass is 857 g/mol. The van der Waals surface area contributed by atoms with E-state index in [-0.39, 0.29) is 52.3 Å². The number of carbonyl (C=O) groups excluding carboxylic acids is 4. The number of thiocarbonyl (C=S) groups is 1. The highest BCUT2D eigenvalue weighted by atomic mass is 32.1. The number of alkyl halides is 3. The standard InChI is InChI=1S/C45H50F3N7O5S/c1-27-24-52(25-28(2)53(27)26-35(56)19-30-8-5-7-29(17-30)18-32-11-14-40(57)51-41(32)58)15-16-60-39-13-12-33(20-36(39)31-9-6-10-31)55-43(61)54(42(59)44(55,3)4)34-21-37(45(46,47)48)38(22-49)50-23-34/h5,7-8,12-13,17,20-21,23,27-28,31-32H,6,9-11,14-16,18-19,24-26H2,1-4H3,(H,51,57,58)/t27-,28+,32?. The number of ether oxygens (including phenoxy) is 1. The molecule has 3 amide bonds. The zero-order valence-electron chi connectivity index (χ0n) is 34.8. The van der Waals surface area contributed by atoms with Gasteiger partial charge in [-0.05, 0) is 112 Å². The van der Waals surface area contributed by atoms with Crippen LogP contribution >= 0.6 is 12.2 Å². The molecule has 16 heteroatoms. The SMILES string of the molecule is C[C@@H]1CN(CCOc2ccc(N3C(=S)N(c4cnc(C#N)c(C(F)(F)F)c4)C(=O)C3(C)C)cc2C2CCC2)C[C@H](C)N1CC(=O)Cc1cccc(CC2CCC(=O)NC2=O)c1. The van der Waals surface area contributed by atoms with Crippen LogP contribution in [0.5, 0.6) is 5.75 Å². The van der Waals surface area contributed by atoms with Crippen molar-refractivity contribution in [2.45, 2.75) is 102 Å². The zero-order chi connectivity index (χ0) is 43.8. The number of rotatable bonds is 13. The van der Waals surface area contributed by atoms with Crippen molar-refractivity contribution < 1.29 is 37.1 Å². The lowest BCUT2D eigenvalue weighted by Crippen LogP contribution is -2.58. The normalized spacial score (nSPS) is 22.6. The quantitative estimate of drug-likeness (QED) is 0.152. The first-order valence-corrected chi connectivity index (χ1v) is 21.2. The minimum Gasteiger partial charge on any atom is -0.492 e. The third-order valence-corrected chi connectivity index (χ3v) is 12.8. The first kappa shape index (κ1) is 43.8. The third-order valence-electron chi connectivity index (χ3n) is 12.4. The van der Waals surface area contributed by atoms with Gasteiger partial charge in [-0.25, -0.2) is 4.98 Å². The van der Waals surface area contributed by atoms with Crippen molar-refractivity contribution in [3.63, 3.8) is 0 Å². The van der Waals surface area contributed by atoms with Crippen LogP contribution in [0, 0.1) is 17.2 Å². The van der Waals surface area contributed by atoms with E-state index in [1.807, 2.05) is 42.5 Å². The topological polar surface area (TPSA) is 139 Å². The number of nitrogens with one attached hydrogen (secondary N) is 1. The second-order valence-corrected chi connectivity index (χ2v) is 17.6. The van der Waals surface area contributed by atoms with Crippen molar-refractivity contribution in [2.24, 2.45) is 5.92 Å². The summed E-state index contributed by atoms with van der Waals surface area (Å²) in [6, 6.07) is 15.9. The Bertz CT molecular complexity index is 2260. The fourth-order valence-corrected chi connectivity index (χ4v) is 9.52. The maximum atomic E-state index is 13.8. The van der Waals surface area contributed by atoms with E-state index >= 15 is 0 Å². The second-order valence-electron chi connectivity index (χ2n) is 17.2. The van der Waals surface area contributed by atoms with Crippen molar-refractivity contribution in [1.82, 2.24) is 20.1 Å². The number of anilines is 2. The van der Waals surface area contributed by atoms with Crippen LogP contribution in [0.15, 0.2) is 54.7 Å². The number of hydrogen-bond acceptors (Lipinski definition) is 10. The average molecular weight is 858 g/mol. The summed E-state index contributed by atoms with van der Waals surface area (Å²) >= 11 is 5.77. The highest BCUT2D eigenvalue weighted by Crippen LogP contribution is 2.45. The molecular formula is C45H50F3N7O5S. The number of piperazine rings is 1. The summed E-state index contributed by atoms with van der Waals surface area (Å²) in [7, 11) is 0. The number of halogens is 3. The van der Waals surface area contributed by atoms with Gasteiger partial charge in [0.25, 0.3) is 5.91 Å². The molecule has 3 aromatic rings. The summed E-state index contributed by atoms with van der Waals surface area (Å²) in [5.74, 6) is -0.147. The van der Waals surface area contributed by atoms with Crippen molar-refractivity contribution in [3.8, 4) is 11.8 Å². The van der Waals surface area contributed by atoms with Gasteiger partial charge in [-0.1, -0.05) is 30.7 Å². The third kappa shape index (κ3) is 9.34. The Morgan fingerprint density at radius 3 is 2.39 bits per heavy atom. The number of pyridine rings is 1. The Hall–Kier alpha value is -5.24. The predicted molar refractivity (Wildman–Crippen MR) is 226 cm³/mol. The molecule has 1 unspecified atom stereocenters. The molecule has 0 bridgehead atoms. The molecule has 3 saturated heterocycles. The largest absolute Gasteiger partial charge is 0.492 e. The Balaban J connectivity index is 0.959. The second kappa shape index (κ2) is 17.6. The smallest absolute Gasteiger partial charge is 0.419 e. The minimum atomic E-state index is -4.86. The molecule has 1 aliphatic carbocycles. The molecular weight excluding hydrogens is 808 g/mol. The van der Waals surface area contributed by atoms with Gasteiger partial charge in [0.1, 0.15) is 24.0 Å². The van der Waals surface area contributed by atoms with Gasteiger partial charge in [0, 0.05) is 56.2 Å². The number of benzene rings is 2. The number of aromatic nitrogens is 1. The van der Waals surface area contributed by atoms with Crippen molar-refractivity contribution in [1.29, 1.82) is 5.26 Å². The Labute approximate surface area is 359 Å². The Morgan fingerprint density at radius 1 is 1.02 bits per heavy atom. The molecule has 3 atom stereocenters. The van der Waals surface area contributed by atoms with Gasteiger partial charge in [0.2, 0.25) is 11.8 Å². The van der Waals surface area contributed by atoms with E-state index in [4.69, 9.17) is 17.0 Å². The van der Waals surface area contributed by atoms with E-state index in [0.29, 0.717) is 51.1 Å². The molecule has 0 spiro atoms. The van der Waals surface area contributed by atoms with Crippen LogP contribution in [0.25, 0.3) is 0 Å². The summed E-state index contributed by atoms with van der Waals surface area (Å²) in [5, 5.41) is 11.7. The van der Waals surface area contributed by atoms with E-state index in [9.17, 15) is 37.6 Å². The summed E-state index contributed by atoms with van der Waals surface area (Å²) in [5.41, 5.74) is 0.0459. The van der Waals surface area contributed by atoms with Gasteiger partial charge in [0.15, 0.2) is 16.6 Å². The lowest BCUT2D eigenvalue weighted by Gasteiger charge is -2.44. The number of amides is 3. The van der Waals surface area contributed by atoms with Crippen molar-refractivity contribution in [2.75, 3.05) is 42.6 Å². The lowest BCUT2D eigenvalue weighted by molar-refractivity contribution is -0.138. The molecule has 4 heterocycles. The molecule has 12 nitrogen and oxygen atoms in total. The van der Waals surface area contributed by atoms with Gasteiger partial charge >= 0.3 is 6.18 Å². The first-order valence-electron chi connectivity index (χ1n) is 20.8. The lowest BCUT2D eigenvalue weighted by atomic mass is 9.79. The van der Waals surface area contributed by atoms with E-state index in [2.05, 4.69) is 33.9 Å². The van der Waals surface area contributed by atoms with Crippen LogP contribution < -0.4 is 19.9 Å². The fraction of sp³-hybridized carbons (Fsp3) is 0.489. The summed E-state index contributed by atoms with van der Waals surface area (Å²) in [4.78, 5) is 62.0. The number of ketones is 1. The van der Waals surface area contributed by atoms with Gasteiger partial charge in [0.05, 0.1) is 24.0 Å². The summed E-state index contributed by atoms with van der Waals surface area (Å²) < 4.78 is 47.9. The number of carbonyl (C=O) groups is 4. The minimum absolute atomic E-state index is 0.00294. The van der Waals surface area contributed by atoms with Gasteiger partial charge in [-0.2, -0.15) is 18.4 Å². The number of piperidine rings is 1. The highest BCUT2D eigenvalue weighted by Gasteiger charge is 2.51. The molecule has 3 aliphatic heterocycles. The molecule has 61 heavy (non-hydrogen) atoms. The van der Waals surface area contributed by atoms with Gasteiger partial charge in [-0.3, -0.25) is 39.2 Å². The van der Waals surface area contributed by atoms with E-state index < -0.39 is 28.9 Å². The molecule has 1 saturated carbocycles. The van der Waals surface area contributed by atoms with E-state index in [1.165, 1.54) is 6.07 Å². The summed E-state index contributed by atoms with van der Waals surface area (Å²) in [6.45, 7) is 10.6. The molecule has 322 valence electrons. The van der Waals surface area contributed by atoms with Gasteiger partial charge < -0.3 is 9.64 Å². The number of Topliss-reactive ketones (excluding diaryl/α,β-unsaturated/α-hetero) is 1. The molecule has 0 radical (unpaired) electrons. The molecule has 7 rings (SSSR count). The first-order chi connectivity index (χ1) is 28.9. The van der Waals surface area contributed by atoms with Crippen LogP contribution in [-0.2, 0) is 38.2 Å². The number of nitrogens with zero attached hydrogens (tertiary/aromatic N) is 6. The van der Waals surface area contributed by atoms with Crippen LogP contribution in [0.1, 0.15) is 93.7 Å². The van der Waals surface area contributed by atoms with E-state index in [1.54, 1.807) is 18.7 Å². The van der Waals surface area contributed by atoms with Crippen LogP contribution in [-0.4, -0.2) is 93.8 Å². The molecule has 2 aromatic carbocycles. The Kier molecular flexibility index (Phi) is 12.7.